The first-order chi connectivity index (χ1) is 8.27. The lowest BCUT2D eigenvalue weighted by atomic mass is 9.97. The summed E-state index contributed by atoms with van der Waals surface area (Å²) in [5, 5.41) is 0. The molecule has 18 heavy (non-hydrogen) atoms. The average Bonchev–Trinajstić information content (AvgIpc) is 2.81. The molecule has 3 rings (SSSR count). The second kappa shape index (κ2) is 3.90. The third-order valence-corrected chi connectivity index (χ3v) is 3.81. The Morgan fingerprint density at radius 3 is 2.17 bits per heavy atom. The van der Waals surface area contributed by atoms with E-state index in [4.69, 9.17) is 23.7 Å². The van der Waals surface area contributed by atoms with Crippen LogP contribution in [0.25, 0.3) is 0 Å². The average molecular weight is 258 g/mol. The van der Waals surface area contributed by atoms with Crippen molar-refractivity contribution >= 4 is 0 Å². The van der Waals surface area contributed by atoms with E-state index in [1.807, 2.05) is 27.7 Å². The minimum Gasteiger partial charge on any atom is -0.348 e. The molecular weight excluding hydrogens is 236 g/mol. The molecule has 3 heterocycles. The van der Waals surface area contributed by atoms with Gasteiger partial charge in [-0.1, -0.05) is 6.92 Å². The predicted octanol–water partition coefficient (Wildman–Crippen LogP) is 1.65. The van der Waals surface area contributed by atoms with Gasteiger partial charge in [-0.3, -0.25) is 0 Å². The second-order valence-electron chi connectivity index (χ2n) is 6.30. The maximum absolute atomic E-state index is 5.96. The molecule has 0 bridgehead atoms. The number of fused-ring (bicyclic) bond motifs is 1. The molecule has 3 aliphatic heterocycles. The van der Waals surface area contributed by atoms with Gasteiger partial charge in [0.15, 0.2) is 17.9 Å². The molecule has 2 unspecified atom stereocenters. The van der Waals surface area contributed by atoms with E-state index >= 15 is 0 Å². The van der Waals surface area contributed by atoms with Crippen LogP contribution < -0.4 is 0 Å². The Labute approximate surface area is 108 Å². The van der Waals surface area contributed by atoms with Crippen molar-refractivity contribution < 1.29 is 23.7 Å². The monoisotopic (exact) mass is 258 g/mol. The van der Waals surface area contributed by atoms with Gasteiger partial charge in [0.2, 0.25) is 0 Å². The van der Waals surface area contributed by atoms with Crippen molar-refractivity contribution in [3.8, 4) is 0 Å². The molecule has 3 aliphatic rings. The summed E-state index contributed by atoms with van der Waals surface area (Å²) in [6.45, 7) is 10.3. The normalized spacial score (nSPS) is 49.5. The lowest BCUT2D eigenvalue weighted by Gasteiger charge is -2.27. The molecule has 3 saturated heterocycles. The Hall–Kier alpha value is -0.200. The van der Waals surface area contributed by atoms with Gasteiger partial charge in [0.25, 0.3) is 0 Å². The van der Waals surface area contributed by atoms with Crippen LogP contribution in [-0.2, 0) is 23.7 Å². The van der Waals surface area contributed by atoms with Crippen molar-refractivity contribution in [3.63, 3.8) is 0 Å². The van der Waals surface area contributed by atoms with E-state index in [1.165, 1.54) is 0 Å². The highest BCUT2D eigenvalue weighted by atomic mass is 16.8. The first-order valence-electron chi connectivity index (χ1n) is 6.60. The highest BCUT2D eigenvalue weighted by molar-refractivity contribution is 4.95. The molecule has 5 heteroatoms. The van der Waals surface area contributed by atoms with E-state index in [0.717, 1.165) is 0 Å². The summed E-state index contributed by atoms with van der Waals surface area (Å²) >= 11 is 0. The SMILES string of the molecule is C[C@@H]1C2OC(C)(C)O[C@H]2O[C@@H]1C1COC(C)(C)O1. The topological polar surface area (TPSA) is 46.2 Å². The number of ether oxygens (including phenoxy) is 5. The molecule has 0 radical (unpaired) electrons. The Balaban J connectivity index is 1.68. The maximum atomic E-state index is 5.96. The molecule has 0 aromatic rings. The van der Waals surface area contributed by atoms with Crippen molar-refractivity contribution in [1.29, 1.82) is 0 Å². The molecule has 104 valence electrons. The van der Waals surface area contributed by atoms with Crippen molar-refractivity contribution in [1.82, 2.24) is 0 Å². The van der Waals surface area contributed by atoms with Crippen molar-refractivity contribution in [2.75, 3.05) is 6.61 Å². The van der Waals surface area contributed by atoms with Crippen LogP contribution in [0.15, 0.2) is 0 Å². The lowest BCUT2D eigenvalue weighted by Crippen LogP contribution is -2.37. The van der Waals surface area contributed by atoms with Crippen molar-refractivity contribution in [2.24, 2.45) is 5.92 Å². The van der Waals surface area contributed by atoms with Gasteiger partial charge >= 0.3 is 0 Å². The third kappa shape index (κ3) is 2.08. The summed E-state index contributed by atoms with van der Waals surface area (Å²) < 4.78 is 29.0. The highest BCUT2D eigenvalue weighted by Gasteiger charge is 2.56. The van der Waals surface area contributed by atoms with Crippen molar-refractivity contribution in [3.05, 3.63) is 0 Å². The van der Waals surface area contributed by atoms with E-state index in [1.54, 1.807) is 0 Å². The number of hydrogen-bond acceptors (Lipinski definition) is 5. The summed E-state index contributed by atoms with van der Waals surface area (Å²) in [6.07, 6.45) is -0.376. The minimum atomic E-state index is -0.555. The van der Waals surface area contributed by atoms with Gasteiger partial charge in [-0.05, 0) is 27.7 Å². The van der Waals surface area contributed by atoms with E-state index < -0.39 is 11.6 Å². The van der Waals surface area contributed by atoms with Crippen LogP contribution in [0.1, 0.15) is 34.6 Å². The summed E-state index contributed by atoms with van der Waals surface area (Å²) in [4.78, 5) is 0. The van der Waals surface area contributed by atoms with Gasteiger partial charge < -0.3 is 23.7 Å². The zero-order valence-corrected chi connectivity index (χ0v) is 11.6. The molecule has 0 aromatic carbocycles. The van der Waals surface area contributed by atoms with Gasteiger partial charge in [-0.2, -0.15) is 0 Å². The van der Waals surface area contributed by atoms with Gasteiger partial charge in [0, 0.05) is 5.92 Å². The van der Waals surface area contributed by atoms with E-state index in [-0.39, 0.29) is 30.5 Å². The predicted molar refractivity (Wildman–Crippen MR) is 62.8 cm³/mol. The molecule has 0 N–H and O–H groups in total. The molecule has 5 atom stereocenters. The minimum absolute atomic E-state index is 0.0164. The van der Waals surface area contributed by atoms with Crippen molar-refractivity contribution in [2.45, 2.75) is 70.8 Å². The zero-order chi connectivity index (χ0) is 13.1. The second-order valence-corrected chi connectivity index (χ2v) is 6.30. The first-order valence-corrected chi connectivity index (χ1v) is 6.60. The van der Waals surface area contributed by atoms with Gasteiger partial charge in [0.05, 0.1) is 12.7 Å². The first kappa shape index (κ1) is 12.8. The molecule has 0 spiro atoms. The fourth-order valence-corrected chi connectivity index (χ4v) is 2.99. The lowest BCUT2D eigenvalue weighted by molar-refractivity contribution is -0.226. The summed E-state index contributed by atoms with van der Waals surface area (Å²) in [6, 6.07) is 0. The summed E-state index contributed by atoms with van der Waals surface area (Å²) in [5.41, 5.74) is 0. The number of hydrogen-bond donors (Lipinski definition) is 0. The van der Waals surface area contributed by atoms with Crippen LogP contribution in [-0.4, -0.2) is 42.8 Å². The smallest absolute Gasteiger partial charge is 0.187 e. The molecule has 0 aliphatic carbocycles. The summed E-state index contributed by atoms with van der Waals surface area (Å²) in [7, 11) is 0. The van der Waals surface area contributed by atoms with Crippen LogP contribution in [0.2, 0.25) is 0 Å². The standard InChI is InChI=1S/C13H22O5/c1-7-9(8-6-14-12(2,3)16-8)15-11-10(7)17-13(4,5)18-11/h7-11H,6H2,1-5H3/t7-,8?,9-,10?,11+/m0/s1. The van der Waals surface area contributed by atoms with Crippen LogP contribution >= 0.6 is 0 Å². The quantitative estimate of drug-likeness (QED) is 0.715. The van der Waals surface area contributed by atoms with Crippen LogP contribution in [0.5, 0.6) is 0 Å². The number of rotatable bonds is 1. The Bertz CT molecular complexity index is 340. The van der Waals surface area contributed by atoms with Crippen LogP contribution in [0.3, 0.4) is 0 Å². The fourth-order valence-electron chi connectivity index (χ4n) is 2.99. The Kier molecular flexibility index (Phi) is 2.78. The molecule has 3 fully saturated rings. The van der Waals surface area contributed by atoms with Gasteiger partial charge in [-0.15, -0.1) is 0 Å². The third-order valence-electron chi connectivity index (χ3n) is 3.81. The van der Waals surface area contributed by atoms with E-state index in [0.29, 0.717) is 6.61 Å². The van der Waals surface area contributed by atoms with E-state index in [9.17, 15) is 0 Å². The van der Waals surface area contributed by atoms with Gasteiger partial charge in [0.1, 0.15) is 12.2 Å². The molecule has 5 nitrogen and oxygen atoms in total. The molecule has 0 aromatic heterocycles. The Morgan fingerprint density at radius 1 is 0.889 bits per heavy atom. The van der Waals surface area contributed by atoms with Crippen LogP contribution in [0, 0.1) is 5.92 Å². The zero-order valence-electron chi connectivity index (χ0n) is 11.6. The fraction of sp³-hybridized carbons (Fsp3) is 1.00. The largest absolute Gasteiger partial charge is 0.348 e. The summed E-state index contributed by atoms with van der Waals surface area (Å²) in [5.74, 6) is -0.841. The van der Waals surface area contributed by atoms with Gasteiger partial charge in [-0.25, -0.2) is 0 Å². The molecular formula is C13H22O5. The van der Waals surface area contributed by atoms with Crippen LogP contribution in [0.4, 0.5) is 0 Å². The van der Waals surface area contributed by atoms with E-state index in [2.05, 4.69) is 6.92 Å². The highest BCUT2D eigenvalue weighted by Crippen LogP contribution is 2.43. The molecule has 0 saturated carbocycles. The molecule has 0 amide bonds. The Morgan fingerprint density at radius 2 is 1.61 bits per heavy atom. The maximum Gasteiger partial charge on any atom is 0.187 e.